The summed E-state index contributed by atoms with van der Waals surface area (Å²) >= 11 is 0. The third-order valence-corrected chi connectivity index (χ3v) is 3.95. The Morgan fingerprint density at radius 3 is 2.75 bits per heavy atom. The third-order valence-electron chi connectivity index (χ3n) is 3.95. The normalized spacial score (nSPS) is 12.1. The van der Waals surface area contributed by atoms with E-state index in [0.29, 0.717) is 22.5 Å². The van der Waals surface area contributed by atoms with Crippen LogP contribution in [0.25, 0.3) is 17.2 Å². The number of hydrogen-bond acceptors (Lipinski definition) is 6. The molecule has 7 nitrogen and oxygen atoms in total. The summed E-state index contributed by atoms with van der Waals surface area (Å²) in [6, 6.07) is 12.7. The van der Waals surface area contributed by atoms with Crippen molar-refractivity contribution in [1.29, 1.82) is 0 Å². The Labute approximate surface area is 162 Å². The first-order chi connectivity index (χ1) is 13.5. The number of ether oxygens (including phenoxy) is 2. The van der Waals surface area contributed by atoms with Crippen molar-refractivity contribution in [2.45, 2.75) is 20.0 Å². The number of hydrogen-bond donors (Lipinski definition) is 1. The average molecular weight is 380 g/mol. The predicted octanol–water partition coefficient (Wildman–Crippen LogP) is 3.73. The maximum atomic E-state index is 12.3. The van der Waals surface area contributed by atoms with E-state index in [0.717, 1.165) is 5.56 Å². The number of esters is 1. The van der Waals surface area contributed by atoms with Gasteiger partial charge < -0.3 is 19.2 Å². The number of aromatic nitrogens is 1. The van der Waals surface area contributed by atoms with Gasteiger partial charge in [0.2, 0.25) is 5.89 Å². The molecule has 0 spiro atoms. The molecule has 1 atom stereocenters. The first-order valence-corrected chi connectivity index (χ1v) is 8.66. The minimum absolute atomic E-state index is 0.278. The second kappa shape index (κ2) is 8.39. The number of fused-ring (bicyclic) bond motifs is 1. The van der Waals surface area contributed by atoms with Crippen LogP contribution in [0.1, 0.15) is 18.4 Å². The van der Waals surface area contributed by atoms with Crippen LogP contribution in [-0.2, 0) is 14.3 Å². The van der Waals surface area contributed by atoms with E-state index in [-0.39, 0.29) is 5.89 Å². The fourth-order valence-corrected chi connectivity index (χ4v) is 2.52. The summed E-state index contributed by atoms with van der Waals surface area (Å²) in [6.07, 6.45) is 1.57. The maximum absolute atomic E-state index is 12.3. The SMILES string of the molecule is COc1ccc(C)cc1NC(=O)[C@H](C)OC(=O)/C=C/c1nc2ccccc2o1. The van der Waals surface area contributed by atoms with Gasteiger partial charge in [-0.05, 0) is 43.7 Å². The first-order valence-electron chi connectivity index (χ1n) is 8.66. The van der Waals surface area contributed by atoms with Crippen molar-refractivity contribution >= 4 is 34.7 Å². The predicted molar refractivity (Wildman–Crippen MR) is 105 cm³/mol. The highest BCUT2D eigenvalue weighted by Crippen LogP contribution is 2.25. The minimum atomic E-state index is -0.994. The zero-order valence-electron chi connectivity index (χ0n) is 15.8. The number of para-hydroxylation sites is 2. The number of nitrogens with one attached hydrogen (secondary N) is 1. The van der Waals surface area contributed by atoms with Crippen molar-refractivity contribution in [1.82, 2.24) is 4.98 Å². The molecule has 1 N–H and O–H groups in total. The molecule has 3 aromatic rings. The molecule has 3 rings (SSSR count). The van der Waals surface area contributed by atoms with Crippen LogP contribution in [0.2, 0.25) is 0 Å². The molecule has 1 amide bonds. The Kier molecular flexibility index (Phi) is 5.74. The van der Waals surface area contributed by atoms with E-state index in [2.05, 4.69) is 10.3 Å². The van der Waals surface area contributed by atoms with E-state index in [9.17, 15) is 9.59 Å². The number of aryl methyl sites for hydroxylation is 1. The Morgan fingerprint density at radius 1 is 1.21 bits per heavy atom. The number of carbonyl (C=O) groups excluding carboxylic acids is 2. The quantitative estimate of drug-likeness (QED) is 0.518. The fraction of sp³-hybridized carbons (Fsp3) is 0.190. The number of amides is 1. The Morgan fingerprint density at radius 2 is 2.00 bits per heavy atom. The molecular weight excluding hydrogens is 360 g/mol. The fourth-order valence-electron chi connectivity index (χ4n) is 2.52. The van der Waals surface area contributed by atoms with Crippen LogP contribution in [0.5, 0.6) is 5.75 Å². The largest absolute Gasteiger partial charge is 0.495 e. The highest BCUT2D eigenvalue weighted by atomic mass is 16.5. The van der Waals surface area contributed by atoms with Gasteiger partial charge in [0.15, 0.2) is 11.7 Å². The topological polar surface area (TPSA) is 90.7 Å². The number of methoxy groups -OCH3 is 1. The molecule has 7 heteroatoms. The van der Waals surface area contributed by atoms with Crippen molar-refractivity contribution in [2.24, 2.45) is 0 Å². The van der Waals surface area contributed by atoms with Crippen LogP contribution in [0.3, 0.4) is 0 Å². The van der Waals surface area contributed by atoms with Crippen LogP contribution in [-0.4, -0.2) is 30.1 Å². The van der Waals surface area contributed by atoms with Crippen molar-refractivity contribution in [3.8, 4) is 5.75 Å². The van der Waals surface area contributed by atoms with Gasteiger partial charge in [0.25, 0.3) is 5.91 Å². The van der Waals surface area contributed by atoms with Gasteiger partial charge in [-0.2, -0.15) is 0 Å². The molecule has 0 radical (unpaired) electrons. The van der Waals surface area contributed by atoms with E-state index in [1.165, 1.54) is 26.2 Å². The number of carbonyl (C=O) groups is 2. The number of rotatable bonds is 6. The van der Waals surface area contributed by atoms with Crippen molar-refractivity contribution < 1.29 is 23.5 Å². The van der Waals surface area contributed by atoms with E-state index in [1.807, 2.05) is 25.1 Å². The monoisotopic (exact) mass is 380 g/mol. The van der Waals surface area contributed by atoms with E-state index in [1.54, 1.807) is 24.3 Å². The van der Waals surface area contributed by atoms with Gasteiger partial charge in [0, 0.05) is 12.2 Å². The molecule has 0 aliphatic carbocycles. The zero-order valence-corrected chi connectivity index (χ0v) is 15.8. The number of nitrogens with zero attached hydrogens (tertiary/aromatic N) is 1. The lowest BCUT2D eigenvalue weighted by molar-refractivity contribution is -0.148. The van der Waals surface area contributed by atoms with Gasteiger partial charge in [-0.1, -0.05) is 18.2 Å². The molecular formula is C21H20N2O5. The molecule has 1 aromatic heterocycles. The Balaban J connectivity index is 1.60. The second-order valence-electron chi connectivity index (χ2n) is 6.13. The highest BCUT2D eigenvalue weighted by molar-refractivity contribution is 5.97. The molecule has 0 aliphatic rings. The lowest BCUT2D eigenvalue weighted by atomic mass is 10.2. The average Bonchev–Trinajstić information content (AvgIpc) is 3.09. The Hall–Kier alpha value is -3.61. The summed E-state index contributed by atoms with van der Waals surface area (Å²) in [4.78, 5) is 28.5. The molecule has 0 bridgehead atoms. The van der Waals surface area contributed by atoms with E-state index in [4.69, 9.17) is 13.9 Å². The number of oxazole rings is 1. The summed E-state index contributed by atoms with van der Waals surface area (Å²) in [6.45, 7) is 3.39. The molecule has 0 aliphatic heterocycles. The molecule has 0 saturated heterocycles. The van der Waals surface area contributed by atoms with Gasteiger partial charge in [-0.3, -0.25) is 4.79 Å². The summed E-state index contributed by atoms with van der Waals surface area (Å²) in [5.41, 5.74) is 2.78. The molecule has 2 aromatic carbocycles. The zero-order chi connectivity index (χ0) is 20.1. The number of anilines is 1. The van der Waals surface area contributed by atoms with Gasteiger partial charge in [-0.25, -0.2) is 9.78 Å². The van der Waals surface area contributed by atoms with Gasteiger partial charge in [0.1, 0.15) is 11.3 Å². The molecule has 1 heterocycles. The van der Waals surface area contributed by atoms with Crippen LogP contribution >= 0.6 is 0 Å². The lowest BCUT2D eigenvalue weighted by Gasteiger charge is -2.14. The van der Waals surface area contributed by atoms with Crippen LogP contribution < -0.4 is 10.1 Å². The molecule has 0 fully saturated rings. The summed E-state index contributed by atoms with van der Waals surface area (Å²) in [5, 5.41) is 2.70. The van der Waals surface area contributed by atoms with E-state index < -0.39 is 18.0 Å². The third kappa shape index (κ3) is 4.56. The first kappa shape index (κ1) is 19.2. The van der Waals surface area contributed by atoms with Crippen LogP contribution in [0.15, 0.2) is 53.0 Å². The minimum Gasteiger partial charge on any atom is -0.495 e. The van der Waals surface area contributed by atoms with Gasteiger partial charge in [0.05, 0.1) is 12.8 Å². The standard InChI is InChI=1S/C21H20N2O5/c1-13-8-9-17(26-3)16(12-13)23-21(25)14(2)27-20(24)11-10-19-22-15-6-4-5-7-18(15)28-19/h4-12,14H,1-3H3,(H,23,25)/b11-10+/t14-/m0/s1. The lowest BCUT2D eigenvalue weighted by Crippen LogP contribution is -2.29. The molecule has 0 unspecified atom stereocenters. The van der Waals surface area contributed by atoms with Crippen molar-refractivity contribution in [3.05, 3.63) is 60.0 Å². The Bertz CT molecular complexity index is 1010. The summed E-state index contributed by atoms with van der Waals surface area (Å²) in [5.74, 6) is -0.346. The smallest absolute Gasteiger partial charge is 0.331 e. The molecule has 0 saturated carbocycles. The van der Waals surface area contributed by atoms with E-state index >= 15 is 0 Å². The van der Waals surface area contributed by atoms with Crippen LogP contribution in [0.4, 0.5) is 5.69 Å². The summed E-state index contributed by atoms with van der Waals surface area (Å²) in [7, 11) is 1.51. The van der Waals surface area contributed by atoms with Gasteiger partial charge in [-0.15, -0.1) is 0 Å². The second-order valence-corrected chi connectivity index (χ2v) is 6.13. The highest BCUT2D eigenvalue weighted by Gasteiger charge is 2.18. The molecule has 28 heavy (non-hydrogen) atoms. The maximum Gasteiger partial charge on any atom is 0.331 e. The number of benzene rings is 2. The van der Waals surface area contributed by atoms with Crippen molar-refractivity contribution in [2.75, 3.05) is 12.4 Å². The van der Waals surface area contributed by atoms with Crippen molar-refractivity contribution in [3.63, 3.8) is 0 Å². The molecule has 144 valence electrons. The summed E-state index contributed by atoms with van der Waals surface area (Å²) < 4.78 is 15.8. The van der Waals surface area contributed by atoms with Gasteiger partial charge >= 0.3 is 5.97 Å². The van der Waals surface area contributed by atoms with Crippen LogP contribution in [0, 0.1) is 6.92 Å².